The lowest BCUT2D eigenvalue weighted by Gasteiger charge is -2.43. The van der Waals surface area contributed by atoms with Gasteiger partial charge < -0.3 is 19.5 Å². The van der Waals surface area contributed by atoms with Crippen molar-refractivity contribution < 1.29 is 31.9 Å². The summed E-state index contributed by atoms with van der Waals surface area (Å²) in [4.78, 5) is 19.8. The van der Waals surface area contributed by atoms with Crippen LogP contribution in [-0.2, 0) is 24.1 Å². The number of benzene rings is 3. The number of hydrogen-bond donors (Lipinski definition) is 1. The number of aliphatic imine (C=N–C) groups is 1. The Labute approximate surface area is 219 Å². The van der Waals surface area contributed by atoms with Crippen LogP contribution < -0.4 is 4.90 Å². The maximum Gasteiger partial charge on any atom is 0.416 e. The standard InChI is InChI=1S/C28H21F5N4O2/c29-18-7-8-23-16(11-18)12-20-15-35(9-10-36(20)23)27-34-26-21(5-2-6-22(26)30)24(14-25(38)39)37(27)19-4-1-3-17(13-19)28(31,32)33/h1-8,11-13,24H,9-10,14-15H2,(H,38,39). The first-order valence-electron chi connectivity index (χ1n) is 12.2. The molecule has 0 saturated heterocycles. The van der Waals surface area contributed by atoms with Gasteiger partial charge in [-0.25, -0.2) is 13.8 Å². The van der Waals surface area contributed by atoms with E-state index in [-0.39, 0.29) is 35.3 Å². The molecule has 1 N–H and O–H groups in total. The summed E-state index contributed by atoms with van der Waals surface area (Å²) >= 11 is 0. The van der Waals surface area contributed by atoms with Crippen LogP contribution >= 0.6 is 0 Å². The molecule has 3 heterocycles. The summed E-state index contributed by atoms with van der Waals surface area (Å²) in [5, 5.41) is 10.5. The van der Waals surface area contributed by atoms with Crippen LogP contribution in [0.2, 0.25) is 0 Å². The number of carbonyl (C=O) groups is 1. The van der Waals surface area contributed by atoms with Crippen LogP contribution in [-0.4, -0.2) is 33.0 Å². The van der Waals surface area contributed by atoms with Crippen molar-refractivity contribution in [2.45, 2.75) is 31.7 Å². The van der Waals surface area contributed by atoms with E-state index in [2.05, 4.69) is 4.99 Å². The molecular formula is C28H21F5N4O2. The van der Waals surface area contributed by atoms with E-state index < -0.39 is 36.0 Å². The molecule has 0 fully saturated rings. The van der Waals surface area contributed by atoms with Gasteiger partial charge in [0.25, 0.3) is 0 Å². The summed E-state index contributed by atoms with van der Waals surface area (Å²) in [5.41, 5.74) is 1.04. The highest BCUT2D eigenvalue weighted by molar-refractivity contribution is 6.01. The van der Waals surface area contributed by atoms with Crippen molar-refractivity contribution in [3.63, 3.8) is 0 Å². The Morgan fingerprint density at radius 1 is 1.00 bits per heavy atom. The minimum absolute atomic E-state index is 0.0461. The molecule has 4 aromatic rings. The van der Waals surface area contributed by atoms with E-state index in [1.807, 2.05) is 10.6 Å². The predicted molar refractivity (Wildman–Crippen MR) is 135 cm³/mol. The highest BCUT2D eigenvalue weighted by Gasteiger charge is 2.39. The van der Waals surface area contributed by atoms with Gasteiger partial charge in [0.15, 0.2) is 0 Å². The van der Waals surface area contributed by atoms with Gasteiger partial charge in [0.2, 0.25) is 5.96 Å². The van der Waals surface area contributed by atoms with Crippen molar-refractivity contribution in [1.29, 1.82) is 0 Å². The fourth-order valence-corrected chi connectivity index (χ4v) is 5.43. The van der Waals surface area contributed by atoms with Crippen LogP contribution in [0.3, 0.4) is 0 Å². The lowest BCUT2D eigenvalue weighted by atomic mass is 9.97. The van der Waals surface area contributed by atoms with Crippen LogP contribution in [0.25, 0.3) is 10.9 Å². The zero-order valence-electron chi connectivity index (χ0n) is 20.3. The Kier molecular flexibility index (Phi) is 5.81. The monoisotopic (exact) mass is 540 g/mol. The Bertz CT molecular complexity index is 1640. The number of aromatic nitrogens is 1. The third-order valence-corrected chi connectivity index (χ3v) is 7.11. The zero-order chi connectivity index (χ0) is 27.5. The molecule has 0 bridgehead atoms. The van der Waals surface area contributed by atoms with Crippen molar-refractivity contribution in [3.05, 3.63) is 95.2 Å². The minimum atomic E-state index is -4.63. The second-order valence-electron chi connectivity index (χ2n) is 9.53. The van der Waals surface area contributed by atoms with E-state index in [0.29, 0.717) is 18.5 Å². The van der Waals surface area contributed by atoms with Crippen molar-refractivity contribution in [2.75, 3.05) is 11.4 Å². The number of hydrogen-bond acceptors (Lipinski definition) is 4. The van der Waals surface area contributed by atoms with Gasteiger partial charge in [0, 0.05) is 40.9 Å². The van der Waals surface area contributed by atoms with Gasteiger partial charge in [-0.1, -0.05) is 18.2 Å². The molecule has 0 spiro atoms. The molecule has 2 aliphatic rings. The molecular weight excluding hydrogens is 519 g/mol. The Balaban J connectivity index is 1.51. The second-order valence-corrected chi connectivity index (χ2v) is 9.53. The number of guanidine groups is 1. The number of nitrogens with zero attached hydrogens (tertiary/aromatic N) is 4. The summed E-state index contributed by atoms with van der Waals surface area (Å²) in [6, 6.07) is 14.0. The molecule has 2 aliphatic heterocycles. The van der Waals surface area contributed by atoms with E-state index in [0.717, 1.165) is 23.3 Å². The molecule has 0 radical (unpaired) electrons. The quantitative estimate of drug-likeness (QED) is 0.303. The Morgan fingerprint density at radius 3 is 2.56 bits per heavy atom. The molecule has 11 heteroatoms. The maximum atomic E-state index is 15.0. The molecule has 39 heavy (non-hydrogen) atoms. The Hall–Kier alpha value is -4.41. The van der Waals surface area contributed by atoms with E-state index in [9.17, 15) is 27.5 Å². The van der Waals surface area contributed by atoms with Gasteiger partial charge in [-0.05, 0) is 48.5 Å². The summed E-state index contributed by atoms with van der Waals surface area (Å²) in [6.07, 6.45) is -5.13. The average Bonchev–Trinajstić information content (AvgIpc) is 3.25. The van der Waals surface area contributed by atoms with E-state index in [1.54, 1.807) is 11.0 Å². The third kappa shape index (κ3) is 4.37. The average molecular weight is 540 g/mol. The maximum absolute atomic E-state index is 15.0. The molecule has 200 valence electrons. The number of aliphatic carboxylic acids is 1. The minimum Gasteiger partial charge on any atom is -0.481 e. The Morgan fingerprint density at radius 2 is 1.79 bits per heavy atom. The van der Waals surface area contributed by atoms with Gasteiger partial charge in [0.05, 0.1) is 24.6 Å². The number of alkyl halides is 3. The SMILES string of the molecule is O=C(O)CC1c2cccc(F)c2N=C(N2CCn3c(cc4cc(F)ccc43)C2)N1c1cccc(C(F)(F)F)c1. The second kappa shape index (κ2) is 9.11. The molecule has 6 nitrogen and oxygen atoms in total. The van der Waals surface area contributed by atoms with Crippen molar-refractivity contribution >= 4 is 34.2 Å². The molecule has 0 aliphatic carbocycles. The van der Waals surface area contributed by atoms with E-state index in [1.165, 1.54) is 47.4 Å². The molecule has 1 atom stereocenters. The number of halogens is 5. The first kappa shape index (κ1) is 24.9. The van der Waals surface area contributed by atoms with Gasteiger partial charge in [0.1, 0.15) is 17.3 Å². The third-order valence-electron chi connectivity index (χ3n) is 7.11. The van der Waals surface area contributed by atoms with Crippen LogP contribution in [0.1, 0.15) is 29.3 Å². The summed E-state index contributed by atoms with van der Waals surface area (Å²) < 4.78 is 71.8. The van der Waals surface area contributed by atoms with Crippen LogP contribution in [0.5, 0.6) is 0 Å². The molecule has 3 aromatic carbocycles. The van der Waals surface area contributed by atoms with Crippen molar-refractivity contribution in [3.8, 4) is 0 Å². The van der Waals surface area contributed by atoms with Crippen molar-refractivity contribution in [1.82, 2.24) is 9.47 Å². The number of para-hydroxylation sites is 1. The highest BCUT2D eigenvalue weighted by atomic mass is 19.4. The molecule has 6 rings (SSSR count). The number of carboxylic acids is 1. The number of carboxylic acid groups (broad SMARTS) is 1. The summed E-state index contributed by atoms with van der Waals surface area (Å²) in [5.74, 6) is -2.10. The summed E-state index contributed by atoms with van der Waals surface area (Å²) in [6.45, 7) is 1.05. The van der Waals surface area contributed by atoms with Gasteiger partial charge in [-0.2, -0.15) is 13.2 Å². The van der Waals surface area contributed by atoms with Crippen LogP contribution in [0, 0.1) is 11.6 Å². The normalized spacial score (nSPS) is 17.2. The highest BCUT2D eigenvalue weighted by Crippen LogP contribution is 2.43. The van der Waals surface area contributed by atoms with Crippen LogP contribution in [0.15, 0.2) is 71.7 Å². The van der Waals surface area contributed by atoms with E-state index >= 15 is 4.39 Å². The first-order valence-corrected chi connectivity index (χ1v) is 12.2. The molecule has 1 aromatic heterocycles. The largest absolute Gasteiger partial charge is 0.481 e. The van der Waals surface area contributed by atoms with E-state index in [4.69, 9.17) is 0 Å². The molecule has 0 saturated carbocycles. The number of anilines is 1. The van der Waals surface area contributed by atoms with Crippen LogP contribution in [0.4, 0.5) is 33.3 Å². The van der Waals surface area contributed by atoms with Gasteiger partial charge in [-0.15, -0.1) is 0 Å². The number of fused-ring (bicyclic) bond motifs is 4. The molecule has 1 unspecified atom stereocenters. The predicted octanol–water partition coefficient (Wildman–Crippen LogP) is 6.48. The molecule has 0 amide bonds. The lowest BCUT2D eigenvalue weighted by Crippen LogP contribution is -2.50. The first-order chi connectivity index (χ1) is 18.6. The number of rotatable bonds is 3. The van der Waals surface area contributed by atoms with Gasteiger partial charge >= 0.3 is 12.1 Å². The van der Waals surface area contributed by atoms with Crippen molar-refractivity contribution in [2.24, 2.45) is 4.99 Å². The lowest BCUT2D eigenvalue weighted by molar-refractivity contribution is -0.138. The fraction of sp³-hybridized carbons (Fsp3) is 0.214. The topological polar surface area (TPSA) is 61.1 Å². The van der Waals surface area contributed by atoms with Gasteiger partial charge in [-0.3, -0.25) is 4.79 Å². The smallest absolute Gasteiger partial charge is 0.416 e. The fourth-order valence-electron chi connectivity index (χ4n) is 5.43. The zero-order valence-corrected chi connectivity index (χ0v) is 20.3. The summed E-state index contributed by atoms with van der Waals surface area (Å²) in [7, 11) is 0.